The molecule has 0 saturated carbocycles. The van der Waals surface area contributed by atoms with Gasteiger partial charge < -0.3 is 5.21 Å². The lowest BCUT2D eigenvalue weighted by Crippen LogP contribution is -2.50. The van der Waals surface area contributed by atoms with Crippen molar-refractivity contribution in [2.45, 2.75) is 18.0 Å². The summed E-state index contributed by atoms with van der Waals surface area (Å²) in [5.74, 6) is 0. The molecule has 0 heterocycles. The first-order valence-corrected chi connectivity index (χ1v) is 6.10. The van der Waals surface area contributed by atoms with Gasteiger partial charge in [-0.05, 0) is 12.1 Å². The summed E-state index contributed by atoms with van der Waals surface area (Å²) in [5, 5.41) is 8.35. The third-order valence-corrected chi connectivity index (χ3v) is 3.38. The van der Waals surface area contributed by atoms with E-state index in [0.717, 1.165) is 0 Å². The molecule has 0 amide bonds. The van der Waals surface area contributed by atoms with Gasteiger partial charge in [-0.1, -0.05) is 40.0 Å². The number of hydrogen-bond acceptors (Lipinski definition) is 2. The van der Waals surface area contributed by atoms with Crippen LogP contribution in [0.1, 0.15) is 11.1 Å². The van der Waals surface area contributed by atoms with Crippen molar-refractivity contribution in [3.05, 3.63) is 33.3 Å². The van der Waals surface area contributed by atoms with E-state index in [9.17, 15) is 30.7 Å². The molecule has 0 fully saturated rings. The lowest BCUT2D eigenvalue weighted by atomic mass is 9.93. The Labute approximate surface area is 133 Å². The van der Waals surface area contributed by atoms with Crippen molar-refractivity contribution in [1.29, 1.82) is 0 Å². The average molecular weight is 392 g/mol. The first kappa shape index (κ1) is 19.1. The average Bonchev–Trinajstić information content (AvgIpc) is 2.33. The van der Waals surface area contributed by atoms with Gasteiger partial charge in [0.2, 0.25) is 0 Å². The molecule has 0 spiro atoms. The van der Waals surface area contributed by atoms with Gasteiger partial charge in [0.05, 0.1) is 15.6 Å². The zero-order valence-corrected chi connectivity index (χ0v) is 12.1. The first-order chi connectivity index (χ1) is 9.77. The van der Waals surface area contributed by atoms with Crippen molar-refractivity contribution in [2.24, 2.45) is 5.16 Å². The molecule has 0 saturated heterocycles. The standard InChI is InChI=1S/C10H3Cl3F7NO/c11-4-1-3(2-5(12)6(4)7(13)21-22)8(14,9(15,16)17)10(18,19)20/h1-2,22H/b21-7-. The van der Waals surface area contributed by atoms with E-state index in [4.69, 9.17) is 40.0 Å². The van der Waals surface area contributed by atoms with Crippen LogP contribution >= 0.6 is 34.8 Å². The quantitative estimate of drug-likeness (QED) is 0.300. The molecule has 0 unspecified atom stereocenters. The monoisotopic (exact) mass is 391 g/mol. The Morgan fingerprint density at radius 3 is 1.55 bits per heavy atom. The van der Waals surface area contributed by atoms with Crippen molar-refractivity contribution in [3.8, 4) is 0 Å². The van der Waals surface area contributed by atoms with Gasteiger partial charge in [-0.3, -0.25) is 0 Å². The Morgan fingerprint density at radius 2 is 1.27 bits per heavy atom. The highest BCUT2D eigenvalue weighted by Gasteiger charge is 2.73. The maximum Gasteiger partial charge on any atom is 0.435 e. The van der Waals surface area contributed by atoms with Crippen molar-refractivity contribution in [2.75, 3.05) is 0 Å². The zero-order valence-electron chi connectivity index (χ0n) is 9.83. The molecule has 1 N–H and O–H groups in total. The van der Waals surface area contributed by atoms with Crippen LogP contribution in [0.2, 0.25) is 10.0 Å². The predicted octanol–water partition coefficient (Wildman–Crippen LogP) is 5.66. The number of rotatable bonds is 2. The highest BCUT2D eigenvalue weighted by Crippen LogP contribution is 2.54. The minimum atomic E-state index is -6.31. The summed E-state index contributed by atoms with van der Waals surface area (Å²) in [7, 11) is 0. The van der Waals surface area contributed by atoms with Crippen molar-refractivity contribution < 1.29 is 35.9 Å². The Morgan fingerprint density at radius 1 is 0.909 bits per heavy atom. The first-order valence-electron chi connectivity index (χ1n) is 4.97. The SMILES string of the molecule is O/N=C(\Cl)c1c(Cl)cc(C(F)(C(F)(F)F)C(F)(F)F)cc1Cl. The molecule has 0 aliphatic carbocycles. The van der Waals surface area contributed by atoms with Crippen LogP contribution in [-0.4, -0.2) is 22.7 Å². The number of alkyl halides is 7. The lowest BCUT2D eigenvalue weighted by Gasteiger charge is -2.30. The number of benzene rings is 1. The second-order valence-corrected chi connectivity index (χ2v) is 5.03. The van der Waals surface area contributed by atoms with Gasteiger partial charge in [0.15, 0.2) is 5.17 Å². The van der Waals surface area contributed by atoms with Crippen LogP contribution in [0, 0.1) is 0 Å². The van der Waals surface area contributed by atoms with Crippen LogP contribution in [0.5, 0.6) is 0 Å². The minimum Gasteiger partial charge on any atom is -0.410 e. The molecule has 0 atom stereocenters. The third kappa shape index (κ3) is 3.07. The largest absolute Gasteiger partial charge is 0.435 e. The molecular formula is C10H3Cl3F7NO. The Balaban J connectivity index is 3.69. The fourth-order valence-corrected chi connectivity index (χ4v) is 2.47. The van der Waals surface area contributed by atoms with E-state index in [1.807, 2.05) is 0 Å². The number of halogens is 10. The summed E-state index contributed by atoms with van der Waals surface area (Å²) < 4.78 is 89.5. The highest BCUT2D eigenvalue weighted by molar-refractivity contribution is 6.71. The Kier molecular flexibility index (Phi) is 5.16. The maximum atomic E-state index is 13.8. The molecule has 0 aromatic heterocycles. The van der Waals surface area contributed by atoms with Gasteiger partial charge in [0.25, 0.3) is 0 Å². The summed E-state index contributed by atoms with van der Waals surface area (Å²) in [6.07, 6.45) is -12.6. The summed E-state index contributed by atoms with van der Waals surface area (Å²) in [6.45, 7) is 0. The van der Waals surface area contributed by atoms with Crippen LogP contribution in [0.25, 0.3) is 0 Å². The lowest BCUT2D eigenvalue weighted by molar-refractivity contribution is -0.348. The number of nitrogens with zero attached hydrogens (tertiary/aromatic N) is 1. The van der Waals surface area contributed by atoms with Gasteiger partial charge in [-0.15, -0.1) is 0 Å². The maximum absolute atomic E-state index is 13.8. The summed E-state index contributed by atoms with van der Waals surface area (Å²) >= 11 is 16.2. The van der Waals surface area contributed by atoms with Crippen molar-refractivity contribution >= 4 is 40.0 Å². The molecule has 0 aliphatic rings. The molecule has 1 aromatic rings. The van der Waals surface area contributed by atoms with Gasteiger partial charge >= 0.3 is 18.0 Å². The predicted molar refractivity (Wildman–Crippen MR) is 65.5 cm³/mol. The molecule has 0 aliphatic heterocycles. The van der Waals surface area contributed by atoms with E-state index >= 15 is 0 Å². The fourth-order valence-electron chi connectivity index (χ4n) is 1.51. The van der Waals surface area contributed by atoms with Crippen LogP contribution < -0.4 is 0 Å². The second-order valence-electron chi connectivity index (χ2n) is 3.86. The van der Waals surface area contributed by atoms with Gasteiger partial charge in [-0.2, -0.15) is 26.3 Å². The Hall–Kier alpha value is -0.930. The van der Waals surface area contributed by atoms with E-state index < -0.39 is 44.4 Å². The molecule has 0 bridgehead atoms. The third-order valence-electron chi connectivity index (χ3n) is 2.52. The van der Waals surface area contributed by atoms with Crippen molar-refractivity contribution in [1.82, 2.24) is 0 Å². The molecule has 1 rings (SSSR count). The van der Waals surface area contributed by atoms with E-state index in [1.54, 1.807) is 0 Å². The molecule has 124 valence electrons. The molecule has 22 heavy (non-hydrogen) atoms. The van der Waals surface area contributed by atoms with E-state index in [2.05, 4.69) is 5.16 Å². The normalized spacial score (nSPS) is 14.4. The van der Waals surface area contributed by atoms with Crippen LogP contribution in [-0.2, 0) is 5.67 Å². The summed E-state index contributed by atoms with van der Waals surface area (Å²) in [5.41, 5.74) is -8.12. The minimum absolute atomic E-state index is 0.0529. The molecule has 2 nitrogen and oxygen atoms in total. The van der Waals surface area contributed by atoms with E-state index in [1.165, 1.54) is 0 Å². The topological polar surface area (TPSA) is 32.6 Å². The number of hydrogen-bond donors (Lipinski definition) is 1. The fraction of sp³-hybridized carbons (Fsp3) is 0.300. The van der Waals surface area contributed by atoms with E-state index in [-0.39, 0.29) is 12.1 Å². The second kappa shape index (κ2) is 5.93. The molecule has 0 radical (unpaired) electrons. The molecule has 1 aromatic carbocycles. The van der Waals surface area contributed by atoms with Crippen LogP contribution in [0.15, 0.2) is 17.3 Å². The summed E-state index contributed by atoms with van der Waals surface area (Å²) in [4.78, 5) is 0. The van der Waals surface area contributed by atoms with Gasteiger partial charge in [-0.25, -0.2) is 4.39 Å². The van der Waals surface area contributed by atoms with Crippen LogP contribution in [0.3, 0.4) is 0 Å². The Bertz CT molecular complexity index is 575. The van der Waals surface area contributed by atoms with Gasteiger partial charge in [0.1, 0.15) is 0 Å². The summed E-state index contributed by atoms with van der Waals surface area (Å²) in [6, 6.07) is 0.106. The zero-order chi connectivity index (χ0) is 17.5. The highest BCUT2D eigenvalue weighted by atomic mass is 35.5. The number of oxime groups is 1. The van der Waals surface area contributed by atoms with Gasteiger partial charge in [0, 0.05) is 5.56 Å². The smallest absolute Gasteiger partial charge is 0.410 e. The van der Waals surface area contributed by atoms with Crippen molar-refractivity contribution in [3.63, 3.8) is 0 Å². The van der Waals surface area contributed by atoms with E-state index in [0.29, 0.717) is 0 Å². The van der Waals surface area contributed by atoms with Crippen LogP contribution in [0.4, 0.5) is 30.7 Å². The molecule has 12 heteroatoms. The molecular weight excluding hydrogens is 389 g/mol.